The molecule has 2 N–H and O–H groups in total. The first-order chi connectivity index (χ1) is 9.92. The molecule has 1 unspecified atom stereocenters. The van der Waals surface area contributed by atoms with Gasteiger partial charge in [0, 0.05) is 20.0 Å². The van der Waals surface area contributed by atoms with Gasteiger partial charge < -0.3 is 10.6 Å². The molecule has 0 aliphatic carbocycles. The van der Waals surface area contributed by atoms with Crippen molar-refractivity contribution in [1.82, 2.24) is 10.6 Å². The first-order valence-corrected chi connectivity index (χ1v) is 7.01. The molecule has 0 fully saturated rings. The molecule has 0 spiro atoms. The minimum absolute atomic E-state index is 0.0765. The van der Waals surface area contributed by atoms with E-state index in [2.05, 4.69) is 15.6 Å². The van der Waals surface area contributed by atoms with Crippen molar-refractivity contribution in [2.75, 3.05) is 13.6 Å². The lowest BCUT2D eigenvalue weighted by molar-refractivity contribution is -0.135. The van der Waals surface area contributed by atoms with Crippen LogP contribution in [0.3, 0.4) is 0 Å². The molecule has 1 rings (SSSR count). The third kappa shape index (κ3) is 7.58. The lowest BCUT2D eigenvalue weighted by Gasteiger charge is -2.18. The third-order valence-electron chi connectivity index (χ3n) is 3.06. The van der Waals surface area contributed by atoms with Gasteiger partial charge in [-0.25, -0.2) is 0 Å². The molecule has 0 heterocycles. The van der Waals surface area contributed by atoms with Gasteiger partial charge in [-0.05, 0) is 25.3 Å². The second kappa shape index (κ2) is 8.54. The fourth-order valence-corrected chi connectivity index (χ4v) is 1.88. The van der Waals surface area contributed by atoms with Crippen LogP contribution in [0.4, 0.5) is 13.2 Å². The average Bonchev–Trinajstić information content (AvgIpc) is 2.45. The molecule has 1 aromatic carbocycles. The van der Waals surface area contributed by atoms with Crippen LogP contribution in [0.2, 0.25) is 0 Å². The molecule has 0 bridgehead atoms. The summed E-state index contributed by atoms with van der Waals surface area (Å²) in [7, 11) is 1.64. The number of nitrogens with zero attached hydrogens (tertiary/aromatic N) is 1. The number of unbranched alkanes of at least 4 members (excludes halogenated alkanes) is 1. The van der Waals surface area contributed by atoms with Gasteiger partial charge in [0.05, 0.1) is 6.04 Å². The summed E-state index contributed by atoms with van der Waals surface area (Å²) in [6.07, 6.45) is -4.22. The highest BCUT2D eigenvalue weighted by molar-refractivity contribution is 5.80. The molecular weight excluding hydrogens is 279 g/mol. The second-order valence-electron chi connectivity index (χ2n) is 4.85. The summed E-state index contributed by atoms with van der Waals surface area (Å²) in [6, 6.07) is 9.96. The Morgan fingerprint density at radius 2 is 1.86 bits per heavy atom. The number of halogens is 3. The number of guanidine groups is 1. The molecule has 0 saturated carbocycles. The molecule has 1 atom stereocenters. The summed E-state index contributed by atoms with van der Waals surface area (Å²) in [6.45, 7) is 2.48. The van der Waals surface area contributed by atoms with Crippen LogP contribution < -0.4 is 10.6 Å². The smallest absolute Gasteiger partial charge is 0.356 e. The molecule has 0 amide bonds. The van der Waals surface area contributed by atoms with Crippen LogP contribution in [0.5, 0.6) is 0 Å². The number of aliphatic imine (C=N–C) groups is 1. The predicted molar refractivity (Wildman–Crippen MR) is 79.3 cm³/mol. The summed E-state index contributed by atoms with van der Waals surface area (Å²) in [5.74, 6) is 0.596. The molecule has 0 aromatic heterocycles. The second-order valence-corrected chi connectivity index (χ2v) is 4.85. The summed E-state index contributed by atoms with van der Waals surface area (Å²) in [4.78, 5) is 4.07. The van der Waals surface area contributed by atoms with E-state index in [4.69, 9.17) is 0 Å². The minimum atomic E-state index is -4.07. The first kappa shape index (κ1) is 17.3. The zero-order valence-corrected chi connectivity index (χ0v) is 12.4. The van der Waals surface area contributed by atoms with Gasteiger partial charge in [0.25, 0.3) is 0 Å². The van der Waals surface area contributed by atoms with E-state index in [1.807, 2.05) is 37.3 Å². The van der Waals surface area contributed by atoms with E-state index >= 15 is 0 Å². The quantitative estimate of drug-likeness (QED) is 0.478. The molecular formula is C15H22F3N3. The Bertz CT molecular complexity index is 430. The van der Waals surface area contributed by atoms with Gasteiger partial charge in [-0.15, -0.1) is 0 Å². The number of rotatable bonds is 6. The molecule has 6 heteroatoms. The Morgan fingerprint density at radius 1 is 1.19 bits per heavy atom. The number of hydrogen-bond acceptors (Lipinski definition) is 1. The van der Waals surface area contributed by atoms with Gasteiger partial charge >= 0.3 is 6.18 Å². The highest BCUT2D eigenvalue weighted by Gasteiger charge is 2.25. The number of hydrogen-bond donors (Lipinski definition) is 2. The largest absolute Gasteiger partial charge is 0.389 e. The van der Waals surface area contributed by atoms with E-state index in [1.165, 1.54) is 0 Å². The van der Waals surface area contributed by atoms with Gasteiger partial charge in [0.1, 0.15) is 0 Å². The Morgan fingerprint density at radius 3 is 2.43 bits per heavy atom. The Hall–Kier alpha value is -1.72. The minimum Gasteiger partial charge on any atom is -0.356 e. The van der Waals surface area contributed by atoms with E-state index in [1.54, 1.807) is 7.05 Å². The standard InChI is InChI=1S/C15H22F3N3/c1-12(13-8-4-3-5-9-13)21-14(19-2)20-11-7-6-10-15(16,17)18/h3-5,8-9,12H,6-7,10-11H2,1-2H3,(H2,19,20,21). The number of alkyl halides is 3. The Kier molecular flexibility index (Phi) is 7.05. The molecule has 0 aliphatic rings. The maximum Gasteiger partial charge on any atom is 0.389 e. The molecule has 3 nitrogen and oxygen atoms in total. The van der Waals surface area contributed by atoms with Crippen molar-refractivity contribution in [2.24, 2.45) is 4.99 Å². The van der Waals surface area contributed by atoms with E-state index < -0.39 is 12.6 Å². The van der Waals surface area contributed by atoms with Crippen LogP contribution in [-0.2, 0) is 0 Å². The van der Waals surface area contributed by atoms with Crippen molar-refractivity contribution < 1.29 is 13.2 Å². The maximum atomic E-state index is 12.0. The van der Waals surface area contributed by atoms with E-state index in [-0.39, 0.29) is 12.5 Å². The monoisotopic (exact) mass is 301 g/mol. The zero-order chi connectivity index (χ0) is 15.7. The van der Waals surface area contributed by atoms with Gasteiger partial charge in [0.2, 0.25) is 0 Å². The van der Waals surface area contributed by atoms with Crippen molar-refractivity contribution in [3.8, 4) is 0 Å². The predicted octanol–water partition coefficient (Wildman–Crippen LogP) is 3.65. The van der Waals surface area contributed by atoms with Crippen LogP contribution in [-0.4, -0.2) is 25.7 Å². The van der Waals surface area contributed by atoms with Crippen molar-refractivity contribution in [1.29, 1.82) is 0 Å². The lowest BCUT2D eigenvalue weighted by atomic mass is 10.1. The fraction of sp³-hybridized carbons (Fsp3) is 0.533. The first-order valence-electron chi connectivity index (χ1n) is 7.01. The lowest BCUT2D eigenvalue weighted by Crippen LogP contribution is -2.39. The summed E-state index contributed by atoms with van der Waals surface area (Å²) >= 11 is 0. The van der Waals surface area contributed by atoms with Crippen molar-refractivity contribution in [2.45, 2.75) is 38.4 Å². The summed E-state index contributed by atoms with van der Waals surface area (Å²) in [5.41, 5.74) is 1.12. The van der Waals surface area contributed by atoms with Crippen LogP contribution in [0.1, 0.15) is 37.8 Å². The van der Waals surface area contributed by atoms with Crippen LogP contribution in [0.15, 0.2) is 35.3 Å². The molecule has 0 aliphatic heterocycles. The van der Waals surface area contributed by atoms with E-state index in [0.29, 0.717) is 18.9 Å². The molecule has 0 saturated heterocycles. The van der Waals surface area contributed by atoms with Gasteiger partial charge in [0.15, 0.2) is 5.96 Å². The molecule has 118 valence electrons. The third-order valence-corrected chi connectivity index (χ3v) is 3.06. The van der Waals surface area contributed by atoms with Crippen molar-refractivity contribution >= 4 is 5.96 Å². The number of nitrogens with one attached hydrogen (secondary N) is 2. The number of benzene rings is 1. The van der Waals surface area contributed by atoms with E-state index in [9.17, 15) is 13.2 Å². The van der Waals surface area contributed by atoms with Crippen molar-refractivity contribution in [3.63, 3.8) is 0 Å². The topological polar surface area (TPSA) is 36.4 Å². The molecule has 0 radical (unpaired) electrons. The highest BCUT2D eigenvalue weighted by Crippen LogP contribution is 2.21. The highest BCUT2D eigenvalue weighted by atomic mass is 19.4. The van der Waals surface area contributed by atoms with Crippen LogP contribution in [0, 0.1) is 0 Å². The van der Waals surface area contributed by atoms with Gasteiger partial charge in [-0.1, -0.05) is 30.3 Å². The summed E-state index contributed by atoms with van der Waals surface area (Å²) in [5, 5.41) is 6.23. The SMILES string of the molecule is CN=C(NCCCCC(F)(F)F)NC(C)c1ccccc1. The maximum absolute atomic E-state index is 12.0. The molecule has 21 heavy (non-hydrogen) atoms. The van der Waals surface area contributed by atoms with Gasteiger partial charge in [-0.2, -0.15) is 13.2 Å². The zero-order valence-electron chi connectivity index (χ0n) is 12.4. The normalized spacial score (nSPS) is 13.9. The van der Waals surface area contributed by atoms with Crippen LogP contribution >= 0.6 is 0 Å². The summed E-state index contributed by atoms with van der Waals surface area (Å²) < 4.78 is 36.0. The van der Waals surface area contributed by atoms with E-state index in [0.717, 1.165) is 5.56 Å². The Labute approximate surface area is 123 Å². The van der Waals surface area contributed by atoms with Gasteiger partial charge in [-0.3, -0.25) is 4.99 Å². The molecule has 1 aromatic rings. The van der Waals surface area contributed by atoms with Crippen LogP contribution in [0.25, 0.3) is 0 Å². The fourth-order valence-electron chi connectivity index (χ4n) is 1.88. The average molecular weight is 301 g/mol. The Balaban J connectivity index is 2.30. The van der Waals surface area contributed by atoms with Crippen molar-refractivity contribution in [3.05, 3.63) is 35.9 Å².